The summed E-state index contributed by atoms with van der Waals surface area (Å²) in [4.78, 5) is 4.30. The molecule has 0 aliphatic heterocycles. The fourth-order valence-electron chi connectivity index (χ4n) is 1.85. The van der Waals surface area contributed by atoms with E-state index in [0.29, 0.717) is 11.6 Å². The van der Waals surface area contributed by atoms with E-state index >= 15 is 0 Å². The number of nitrogens with zero attached hydrogens (tertiary/aromatic N) is 3. The van der Waals surface area contributed by atoms with E-state index in [1.807, 2.05) is 42.1 Å². The first-order chi connectivity index (χ1) is 8.74. The normalized spacial score (nSPS) is 10.7. The maximum atomic E-state index is 5.52. The summed E-state index contributed by atoms with van der Waals surface area (Å²) >= 11 is 0. The third kappa shape index (κ3) is 1.75. The Hall–Kier alpha value is -2.56. The molecule has 2 N–H and O–H groups in total. The average Bonchev–Trinajstić information content (AvgIpc) is 2.98. The van der Waals surface area contributed by atoms with Gasteiger partial charge in [0, 0.05) is 36.6 Å². The first-order valence-electron chi connectivity index (χ1n) is 5.54. The molecule has 18 heavy (non-hydrogen) atoms. The largest absolute Gasteiger partial charge is 0.381 e. The third-order valence-corrected chi connectivity index (χ3v) is 2.78. The summed E-state index contributed by atoms with van der Waals surface area (Å²) in [5.74, 6) is 1.98. The lowest BCUT2D eigenvalue weighted by Gasteiger charge is -2.02. The second kappa shape index (κ2) is 4.03. The molecule has 90 valence electrons. The fraction of sp³-hybridized carbons (Fsp3) is 0.0769. The fourth-order valence-corrected chi connectivity index (χ4v) is 1.85. The molecule has 3 rings (SSSR count). The van der Waals surface area contributed by atoms with Crippen LogP contribution in [0.15, 0.2) is 47.2 Å². The number of aryl methyl sites for hydroxylation is 1. The molecule has 0 fully saturated rings. The highest BCUT2D eigenvalue weighted by Crippen LogP contribution is 2.24. The van der Waals surface area contributed by atoms with Gasteiger partial charge in [0.1, 0.15) is 5.82 Å². The SMILES string of the molecule is Cn1ccnc1-c1ccc(-c2cc(N)no2)cc1. The summed E-state index contributed by atoms with van der Waals surface area (Å²) < 4.78 is 7.08. The quantitative estimate of drug-likeness (QED) is 0.746. The smallest absolute Gasteiger partial charge is 0.169 e. The summed E-state index contributed by atoms with van der Waals surface area (Å²) in [7, 11) is 1.97. The number of imidazole rings is 1. The number of hydrogen-bond donors (Lipinski definition) is 1. The Morgan fingerprint density at radius 1 is 1.17 bits per heavy atom. The second-order valence-corrected chi connectivity index (χ2v) is 4.06. The topological polar surface area (TPSA) is 69.9 Å². The minimum absolute atomic E-state index is 0.387. The lowest BCUT2D eigenvalue weighted by molar-refractivity contribution is 0.436. The van der Waals surface area contributed by atoms with Crippen LogP contribution in [0.25, 0.3) is 22.7 Å². The lowest BCUT2D eigenvalue weighted by atomic mass is 10.1. The van der Waals surface area contributed by atoms with Crippen molar-refractivity contribution in [2.45, 2.75) is 0 Å². The molecule has 0 spiro atoms. The van der Waals surface area contributed by atoms with Gasteiger partial charge in [0.05, 0.1) is 0 Å². The van der Waals surface area contributed by atoms with Gasteiger partial charge in [0.2, 0.25) is 0 Å². The maximum Gasteiger partial charge on any atom is 0.169 e. The van der Waals surface area contributed by atoms with Crippen molar-refractivity contribution in [3.05, 3.63) is 42.7 Å². The van der Waals surface area contributed by atoms with Gasteiger partial charge < -0.3 is 14.8 Å². The van der Waals surface area contributed by atoms with Crippen LogP contribution in [0.3, 0.4) is 0 Å². The summed E-state index contributed by atoms with van der Waals surface area (Å²) in [6, 6.07) is 9.62. The summed E-state index contributed by atoms with van der Waals surface area (Å²) in [5, 5.41) is 3.67. The molecule has 5 nitrogen and oxygen atoms in total. The number of nitrogen functional groups attached to an aromatic ring is 1. The van der Waals surface area contributed by atoms with Crippen LogP contribution >= 0.6 is 0 Å². The van der Waals surface area contributed by atoms with E-state index in [-0.39, 0.29) is 0 Å². The number of aromatic nitrogens is 3. The van der Waals surface area contributed by atoms with E-state index in [0.717, 1.165) is 17.0 Å². The molecule has 3 aromatic rings. The number of anilines is 1. The first kappa shape index (κ1) is 10.6. The van der Waals surface area contributed by atoms with Crippen LogP contribution in [0.4, 0.5) is 5.82 Å². The standard InChI is InChI=1S/C13H12N4O/c1-17-7-6-15-13(17)10-4-2-9(3-5-10)11-8-12(14)16-18-11/h2-8H,1H3,(H2,14,16). The molecule has 0 radical (unpaired) electrons. The van der Waals surface area contributed by atoms with Crippen molar-refractivity contribution < 1.29 is 4.52 Å². The van der Waals surface area contributed by atoms with Crippen LogP contribution in [0.5, 0.6) is 0 Å². The van der Waals surface area contributed by atoms with Crippen molar-refractivity contribution in [2.75, 3.05) is 5.73 Å². The van der Waals surface area contributed by atoms with Crippen molar-refractivity contribution >= 4 is 5.82 Å². The molecule has 0 unspecified atom stereocenters. The zero-order chi connectivity index (χ0) is 12.5. The summed E-state index contributed by atoms with van der Waals surface area (Å²) in [6.07, 6.45) is 3.70. The minimum atomic E-state index is 0.387. The van der Waals surface area contributed by atoms with Gasteiger partial charge in [0.15, 0.2) is 11.6 Å². The average molecular weight is 240 g/mol. The van der Waals surface area contributed by atoms with Gasteiger partial charge in [-0.2, -0.15) is 0 Å². The van der Waals surface area contributed by atoms with Gasteiger partial charge in [-0.1, -0.05) is 29.4 Å². The van der Waals surface area contributed by atoms with Gasteiger partial charge in [-0.05, 0) is 0 Å². The van der Waals surface area contributed by atoms with Crippen LogP contribution in [-0.2, 0) is 7.05 Å². The molecular weight excluding hydrogens is 228 g/mol. The number of benzene rings is 1. The number of hydrogen-bond acceptors (Lipinski definition) is 4. The van der Waals surface area contributed by atoms with Crippen molar-refractivity contribution in [3.8, 4) is 22.7 Å². The van der Waals surface area contributed by atoms with Crippen LogP contribution in [0.2, 0.25) is 0 Å². The Morgan fingerprint density at radius 3 is 2.44 bits per heavy atom. The van der Waals surface area contributed by atoms with Crippen molar-refractivity contribution in [3.63, 3.8) is 0 Å². The van der Waals surface area contributed by atoms with Crippen LogP contribution in [0, 0.1) is 0 Å². The highest BCUT2D eigenvalue weighted by Gasteiger charge is 2.06. The van der Waals surface area contributed by atoms with Crippen molar-refractivity contribution in [1.29, 1.82) is 0 Å². The molecule has 2 heterocycles. The third-order valence-electron chi connectivity index (χ3n) is 2.78. The zero-order valence-electron chi connectivity index (χ0n) is 9.87. The van der Waals surface area contributed by atoms with Crippen molar-refractivity contribution in [2.24, 2.45) is 7.05 Å². The summed E-state index contributed by atoms with van der Waals surface area (Å²) in [6.45, 7) is 0. The van der Waals surface area contributed by atoms with Crippen molar-refractivity contribution in [1.82, 2.24) is 14.7 Å². The van der Waals surface area contributed by atoms with E-state index in [1.54, 1.807) is 12.3 Å². The lowest BCUT2D eigenvalue weighted by Crippen LogP contribution is -1.90. The molecular formula is C13H12N4O. The molecule has 0 saturated carbocycles. The van der Waals surface area contributed by atoms with E-state index in [4.69, 9.17) is 10.3 Å². The molecule has 0 saturated heterocycles. The Morgan fingerprint density at radius 2 is 1.89 bits per heavy atom. The Bertz CT molecular complexity index is 666. The van der Waals surface area contributed by atoms with E-state index in [2.05, 4.69) is 10.1 Å². The Kier molecular flexibility index (Phi) is 2.37. The van der Waals surface area contributed by atoms with Gasteiger partial charge in [-0.25, -0.2) is 4.98 Å². The van der Waals surface area contributed by atoms with Crippen LogP contribution < -0.4 is 5.73 Å². The van der Waals surface area contributed by atoms with Crippen LogP contribution in [-0.4, -0.2) is 14.7 Å². The molecule has 0 atom stereocenters. The molecule has 1 aromatic carbocycles. The van der Waals surface area contributed by atoms with Gasteiger partial charge in [-0.3, -0.25) is 0 Å². The predicted molar refractivity (Wildman–Crippen MR) is 68.6 cm³/mol. The first-order valence-corrected chi connectivity index (χ1v) is 5.54. The Balaban J connectivity index is 1.97. The monoisotopic (exact) mass is 240 g/mol. The molecule has 5 heteroatoms. The van der Waals surface area contributed by atoms with E-state index in [1.165, 1.54) is 0 Å². The molecule has 0 aliphatic rings. The molecule has 0 aliphatic carbocycles. The summed E-state index contributed by atoms with van der Waals surface area (Å²) in [5.41, 5.74) is 7.52. The second-order valence-electron chi connectivity index (χ2n) is 4.06. The number of rotatable bonds is 2. The van der Waals surface area contributed by atoms with Crippen LogP contribution in [0.1, 0.15) is 0 Å². The minimum Gasteiger partial charge on any atom is -0.381 e. The molecule has 0 bridgehead atoms. The highest BCUT2D eigenvalue weighted by molar-refractivity contribution is 5.65. The zero-order valence-corrected chi connectivity index (χ0v) is 9.87. The van der Waals surface area contributed by atoms with E-state index in [9.17, 15) is 0 Å². The van der Waals surface area contributed by atoms with Gasteiger partial charge in [0.25, 0.3) is 0 Å². The van der Waals surface area contributed by atoms with E-state index < -0.39 is 0 Å². The molecule has 2 aromatic heterocycles. The van der Waals surface area contributed by atoms with Gasteiger partial charge in [-0.15, -0.1) is 0 Å². The maximum absolute atomic E-state index is 5.52. The molecule has 0 amide bonds. The highest BCUT2D eigenvalue weighted by atomic mass is 16.5. The predicted octanol–water partition coefficient (Wildman–Crippen LogP) is 2.32. The number of nitrogens with two attached hydrogens (primary N) is 1. The van der Waals surface area contributed by atoms with Gasteiger partial charge >= 0.3 is 0 Å². The Labute approximate surface area is 104 Å².